The van der Waals surface area contributed by atoms with Crippen molar-refractivity contribution >= 4 is 6.03 Å². The second-order valence-corrected chi connectivity index (χ2v) is 6.71. The van der Waals surface area contributed by atoms with E-state index in [2.05, 4.69) is 15.7 Å². The van der Waals surface area contributed by atoms with E-state index < -0.39 is 5.54 Å². The number of hydrogen-bond donors (Lipinski definition) is 3. The van der Waals surface area contributed by atoms with Crippen molar-refractivity contribution < 1.29 is 9.90 Å². The highest BCUT2D eigenvalue weighted by Gasteiger charge is 2.42. The zero-order chi connectivity index (χ0) is 17.2. The Morgan fingerprint density at radius 3 is 2.67 bits per heavy atom. The zero-order valence-electron chi connectivity index (χ0n) is 14.1. The molecule has 0 aliphatic heterocycles. The Balaban J connectivity index is 1.60. The third kappa shape index (κ3) is 3.59. The van der Waals surface area contributed by atoms with Gasteiger partial charge in [-0.05, 0) is 56.4 Å². The summed E-state index contributed by atoms with van der Waals surface area (Å²) in [4.78, 5) is 12.2. The standard InChI is InChI=1S/C18H24N4O2/c1-13(20-17(24)21-18(2,12-23)15-6-7-15)14-4-8-16(9-5-14)22-11-3-10-19-22/h3-5,8-11,13,15,23H,6-7,12H2,1-2H3,(H2,20,21,24). The van der Waals surface area contributed by atoms with Crippen molar-refractivity contribution in [2.24, 2.45) is 5.92 Å². The van der Waals surface area contributed by atoms with Gasteiger partial charge in [0.05, 0.1) is 23.9 Å². The molecule has 0 bridgehead atoms. The van der Waals surface area contributed by atoms with E-state index in [1.807, 2.05) is 50.4 Å². The average Bonchev–Trinajstić information content (AvgIpc) is 3.31. The molecule has 1 saturated carbocycles. The van der Waals surface area contributed by atoms with Crippen LogP contribution in [0.15, 0.2) is 42.7 Å². The molecule has 1 aromatic carbocycles. The fraction of sp³-hybridized carbons (Fsp3) is 0.444. The van der Waals surface area contributed by atoms with Crippen LogP contribution >= 0.6 is 0 Å². The number of aromatic nitrogens is 2. The summed E-state index contributed by atoms with van der Waals surface area (Å²) in [5, 5.41) is 19.6. The molecule has 1 heterocycles. The topological polar surface area (TPSA) is 79.2 Å². The van der Waals surface area contributed by atoms with E-state index in [1.165, 1.54) is 0 Å². The zero-order valence-corrected chi connectivity index (χ0v) is 14.1. The van der Waals surface area contributed by atoms with Crippen molar-refractivity contribution in [3.05, 3.63) is 48.3 Å². The van der Waals surface area contributed by atoms with Crippen molar-refractivity contribution in [2.75, 3.05) is 6.61 Å². The van der Waals surface area contributed by atoms with Crippen LogP contribution in [0.2, 0.25) is 0 Å². The summed E-state index contributed by atoms with van der Waals surface area (Å²) in [6, 6.07) is 9.41. The normalized spacial score (nSPS) is 17.8. The van der Waals surface area contributed by atoms with Crippen molar-refractivity contribution in [2.45, 2.75) is 38.3 Å². The van der Waals surface area contributed by atoms with Gasteiger partial charge >= 0.3 is 6.03 Å². The number of nitrogens with zero attached hydrogens (tertiary/aromatic N) is 2. The number of benzene rings is 1. The minimum absolute atomic E-state index is 0.0436. The number of nitrogens with one attached hydrogen (secondary N) is 2. The lowest BCUT2D eigenvalue weighted by Gasteiger charge is -2.29. The Morgan fingerprint density at radius 1 is 1.42 bits per heavy atom. The first-order valence-corrected chi connectivity index (χ1v) is 8.31. The lowest BCUT2D eigenvalue weighted by molar-refractivity contribution is 0.154. The summed E-state index contributed by atoms with van der Waals surface area (Å²) in [5.74, 6) is 0.372. The molecule has 1 fully saturated rings. The minimum atomic E-state index is -0.534. The summed E-state index contributed by atoms with van der Waals surface area (Å²) in [5.41, 5.74) is 1.45. The monoisotopic (exact) mass is 328 g/mol. The predicted molar refractivity (Wildman–Crippen MR) is 91.9 cm³/mol. The van der Waals surface area contributed by atoms with Gasteiger partial charge in [-0.25, -0.2) is 9.48 Å². The third-order valence-electron chi connectivity index (χ3n) is 4.72. The second kappa shape index (κ2) is 6.65. The maximum absolute atomic E-state index is 12.2. The Kier molecular flexibility index (Phi) is 4.57. The molecule has 128 valence electrons. The van der Waals surface area contributed by atoms with Crippen LogP contribution in [0.5, 0.6) is 0 Å². The fourth-order valence-corrected chi connectivity index (χ4v) is 2.90. The highest BCUT2D eigenvalue weighted by atomic mass is 16.3. The quantitative estimate of drug-likeness (QED) is 0.762. The predicted octanol–water partition coefficient (Wildman–Crippen LogP) is 2.39. The van der Waals surface area contributed by atoms with Crippen molar-refractivity contribution in [3.63, 3.8) is 0 Å². The van der Waals surface area contributed by atoms with Gasteiger partial charge < -0.3 is 15.7 Å². The molecule has 24 heavy (non-hydrogen) atoms. The number of carbonyl (C=O) groups is 1. The number of hydrogen-bond acceptors (Lipinski definition) is 3. The van der Waals surface area contributed by atoms with Crippen LogP contribution in [0, 0.1) is 5.92 Å². The Morgan fingerprint density at radius 2 is 2.12 bits per heavy atom. The largest absolute Gasteiger partial charge is 0.394 e. The molecule has 2 aromatic rings. The first-order valence-electron chi connectivity index (χ1n) is 8.31. The lowest BCUT2D eigenvalue weighted by atomic mass is 9.97. The van der Waals surface area contributed by atoms with Gasteiger partial charge in [-0.1, -0.05) is 12.1 Å². The Hall–Kier alpha value is -2.34. The lowest BCUT2D eigenvalue weighted by Crippen LogP contribution is -2.54. The van der Waals surface area contributed by atoms with Crippen LogP contribution in [-0.4, -0.2) is 33.1 Å². The van der Waals surface area contributed by atoms with Crippen molar-refractivity contribution in [1.82, 2.24) is 20.4 Å². The molecule has 0 spiro atoms. The van der Waals surface area contributed by atoms with Gasteiger partial charge in [0, 0.05) is 12.4 Å². The van der Waals surface area contributed by atoms with Gasteiger partial charge in [-0.3, -0.25) is 0 Å². The van der Waals surface area contributed by atoms with Crippen LogP contribution in [-0.2, 0) is 0 Å². The van der Waals surface area contributed by atoms with Crippen LogP contribution in [0.3, 0.4) is 0 Å². The van der Waals surface area contributed by atoms with Gasteiger partial charge in [0.1, 0.15) is 0 Å². The summed E-state index contributed by atoms with van der Waals surface area (Å²) >= 11 is 0. The molecule has 2 atom stereocenters. The maximum Gasteiger partial charge on any atom is 0.315 e. The number of aliphatic hydroxyl groups is 1. The van der Waals surface area contributed by atoms with Gasteiger partial charge in [-0.15, -0.1) is 0 Å². The van der Waals surface area contributed by atoms with E-state index in [1.54, 1.807) is 10.9 Å². The van der Waals surface area contributed by atoms with Crippen LogP contribution in [0.4, 0.5) is 4.79 Å². The summed E-state index contributed by atoms with van der Waals surface area (Å²) in [6.45, 7) is 3.79. The van der Waals surface area contributed by atoms with Gasteiger partial charge in [-0.2, -0.15) is 5.10 Å². The molecular formula is C18H24N4O2. The first kappa shape index (κ1) is 16.5. The highest BCUT2D eigenvalue weighted by molar-refractivity contribution is 5.75. The third-order valence-corrected chi connectivity index (χ3v) is 4.72. The van der Waals surface area contributed by atoms with E-state index in [4.69, 9.17) is 0 Å². The highest BCUT2D eigenvalue weighted by Crippen LogP contribution is 2.39. The molecule has 1 aliphatic carbocycles. The van der Waals surface area contributed by atoms with Gasteiger partial charge in [0.15, 0.2) is 0 Å². The van der Waals surface area contributed by atoms with Crippen molar-refractivity contribution in [1.29, 1.82) is 0 Å². The molecule has 2 unspecified atom stereocenters. The van der Waals surface area contributed by atoms with Gasteiger partial charge in [0.2, 0.25) is 0 Å². The average molecular weight is 328 g/mol. The molecule has 3 rings (SSSR count). The molecule has 0 saturated heterocycles. The SMILES string of the molecule is CC(NC(=O)NC(C)(CO)C1CC1)c1ccc(-n2cccn2)cc1. The number of aliphatic hydroxyl groups excluding tert-OH is 1. The van der Waals surface area contributed by atoms with E-state index >= 15 is 0 Å². The summed E-state index contributed by atoms with van der Waals surface area (Å²) < 4.78 is 1.79. The molecule has 2 amide bonds. The van der Waals surface area contributed by atoms with Crippen LogP contribution in [0.1, 0.15) is 38.3 Å². The molecular weight excluding hydrogens is 304 g/mol. The Labute approximate surface area is 141 Å². The maximum atomic E-state index is 12.2. The first-order chi connectivity index (χ1) is 11.5. The van der Waals surface area contributed by atoms with E-state index in [9.17, 15) is 9.90 Å². The molecule has 6 heteroatoms. The summed E-state index contributed by atoms with van der Waals surface area (Å²) in [7, 11) is 0. The number of urea groups is 1. The van der Waals surface area contributed by atoms with Crippen LogP contribution < -0.4 is 10.6 Å². The van der Waals surface area contributed by atoms with Crippen LogP contribution in [0.25, 0.3) is 5.69 Å². The van der Waals surface area contributed by atoms with Crippen molar-refractivity contribution in [3.8, 4) is 5.69 Å². The summed E-state index contributed by atoms with van der Waals surface area (Å²) in [6.07, 6.45) is 5.74. The molecule has 1 aliphatic rings. The molecule has 0 radical (unpaired) electrons. The minimum Gasteiger partial charge on any atom is -0.394 e. The van der Waals surface area contributed by atoms with E-state index in [-0.39, 0.29) is 18.7 Å². The van der Waals surface area contributed by atoms with Gasteiger partial charge in [0.25, 0.3) is 0 Å². The fourth-order valence-electron chi connectivity index (χ4n) is 2.90. The molecule has 6 nitrogen and oxygen atoms in total. The van der Waals surface area contributed by atoms with E-state index in [0.29, 0.717) is 5.92 Å². The number of amides is 2. The smallest absolute Gasteiger partial charge is 0.315 e. The Bertz CT molecular complexity index is 680. The number of rotatable bonds is 6. The number of carbonyl (C=O) groups excluding carboxylic acids is 1. The second-order valence-electron chi connectivity index (χ2n) is 6.71. The molecule has 1 aromatic heterocycles. The van der Waals surface area contributed by atoms with E-state index in [0.717, 1.165) is 24.1 Å². The molecule has 3 N–H and O–H groups in total.